The van der Waals surface area contributed by atoms with Gasteiger partial charge in [0.2, 0.25) is 17.7 Å². The Kier molecular flexibility index (Phi) is 5.38. The molecule has 2 heterocycles. The Balaban J connectivity index is 2.19. The maximum atomic E-state index is 12.2. The number of hydrogen-bond acceptors (Lipinski definition) is 9. The van der Waals surface area contributed by atoms with Gasteiger partial charge in [0.05, 0.1) is 25.8 Å². The van der Waals surface area contributed by atoms with Gasteiger partial charge >= 0.3 is 12.0 Å². The number of carboxylic acid groups (broad SMARTS) is 1. The lowest BCUT2D eigenvalue weighted by atomic mass is 10.4. The number of methoxy groups -OCH3 is 2. The van der Waals surface area contributed by atoms with Crippen molar-refractivity contribution in [1.82, 2.24) is 14.7 Å². The van der Waals surface area contributed by atoms with E-state index in [0.717, 1.165) is 6.07 Å². The van der Waals surface area contributed by atoms with Crippen molar-refractivity contribution in [3.63, 3.8) is 0 Å². The number of anilines is 1. The molecule has 2 rings (SSSR count). The fraction of sp³-hybridized carbons (Fsp3) is 0.167. The van der Waals surface area contributed by atoms with E-state index in [2.05, 4.69) is 15.3 Å². The Morgan fingerprint density at radius 3 is 2.32 bits per heavy atom. The van der Waals surface area contributed by atoms with E-state index in [1.807, 2.05) is 0 Å². The standard InChI is InChI=1S/C12H12N4O7S2/c1-22-7-5-8(23-2)14-11(13-7)15-12(19)16-25(20,21)10-6(9(17)18)3-4-24-10/h3-5H,1-2H3,(H,17,18)(H2,13,14,15,16,19). The average molecular weight is 388 g/mol. The molecular formula is C12H12N4O7S2. The molecule has 0 aliphatic carbocycles. The van der Waals surface area contributed by atoms with Crippen molar-refractivity contribution in [2.45, 2.75) is 4.21 Å². The summed E-state index contributed by atoms with van der Waals surface area (Å²) in [6.07, 6.45) is 0. The third kappa shape index (κ3) is 4.33. The maximum absolute atomic E-state index is 12.2. The Bertz CT molecular complexity index is 888. The predicted molar refractivity (Wildman–Crippen MR) is 85.8 cm³/mol. The van der Waals surface area contributed by atoms with Gasteiger partial charge in [0, 0.05) is 0 Å². The zero-order chi connectivity index (χ0) is 18.6. The highest BCUT2D eigenvalue weighted by Crippen LogP contribution is 2.22. The molecule has 0 atom stereocenters. The Morgan fingerprint density at radius 1 is 1.20 bits per heavy atom. The molecule has 2 amide bonds. The number of rotatable bonds is 6. The average Bonchev–Trinajstić information content (AvgIpc) is 3.04. The molecule has 3 N–H and O–H groups in total. The van der Waals surface area contributed by atoms with Crippen LogP contribution in [0.5, 0.6) is 11.8 Å². The number of ether oxygens (including phenoxy) is 2. The minimum atomic E-state index is -4.39. The number of nitrogens with one attached hydrogen (secondary N) is 2. The number of carboxylic acids is 1. The van der Waals surface area contributed by atoms with Crippen molar-refractivity contribution in [3.8, 4) is 11.8 Å². The molecule has 0 bridgehead atoms. The number of aromatic carboxylic acids is 1. The number of sulfonamides is 1. The molecule has 0 radical (unpaired) electrons. The van der Waals surface area contributed by atoms with E-state index in [1.54, 1.807) is 4.72 Å². The lowest BCUT2D eigenvalue weighted by Gasteiger charge is -2.09. The van der Waals surface area contributed by atoms with Crippen LogP contribution in [0.4, 0.5) is 10.7 Å². The summed E-state index contributed by atoms with van der Waals surface area (Å²) in [4.78, 5) is 30.5. The first-order chi connectivity index (χ1) is 11.8. The minimum absolute atomic E-state index is 0.0800. The highest BCUT2D eigenvalue weighted by atomic mass is 32.2. The van der Waals surface area contributed by atoms with Crippen molar-refractivity contribution in [2.75, 3.05) is 19.5 Å². The fourth-order valence-electron chi connectivity index (χ4n) is 1.63. The maximum Gasteiger partial charge on any atom is 0.337 e. The lowest BCUT2D eigenvalue weighted by Crippen LogP contribution is -2.35. The molecular weight excluding hydrogens is 376 g/mol. The summed E-state index contributed by atoms with van der Waals surface area (Å²) in [7, 11) is -1.72. The number of hydrogen-bond donors (Lipinski definition) is 3. The first-order valence-corrected chi connectivity index (χ1v) is 8.74. The molecule has 0 saturated heterocycles. The molecule has 13 heteroatoms. The van der Waals surface area contributed by atoms with Crippen LogP contribution < -0.4 is 19.5 Å². The largest absolute Gasteiger partial charge is 0.481 e. The summed E-state index contributed by atoms with van der Waals surface area (Å²) in [5.74, 6) is -1.54. The minimum Gasteiger partial charge on any atom is -0.481 e. The molecule has 0 aliphatic rings. The molecule has 0 unspecified atom stereocenters. The van der Waals surface area contributed by atoms with Crippen LogP contribution >= 0.6 is 11.3 Å². The van der Waals surface area contributed by atoms with Crippen LogP contribution in [0.25, 0.3) is 0 Å². The predicted octanol–water partition coefficient (Wildman–Crippen LogP) is 0.764. The van der Waals surface area contributed by atoms with Gasteiger partial charge in [-0.25, -0.2) is 22.7 Å². The van der Waals surface area contributed by atoms with E-state index in [4.69, 9.17) is 14.6 Å². The second-order valence-electron chi connectivity index (χ2n) is 4.26. The zero-order valence-electron chi connectivity index (χ0n) is 12.8. The molecule has 25 heavy (non-hydrogen) atoms. The van der Waals surface area contributed by atoms with Crippen molar-refractivity contribution in [2.24, 2.45) is 0 Å². The van der Waals surface area contributed by atoms with Crippen LogP contribution in [0, 0.1) is 0 Å². The summed E-state index contributed by atoms with van der Waals surface area (Å²) < 4.78 is 35.3. The number of thiophene rings is 1. The highest BCUT2D eigenvalue weighted by molar-refractivity contribution is 7.92. The molecule has 0 aromatic carbocycles. The summed E-state index contributed by atoms with van der Waals surface area (Å²) in [5.41, 5.74) is -0.440. The summed E-state index contributed by atoms with van der Waals surface area (Å²) in [6, 6.07) is 1.29. The topological polar surface area (TPSA) is 157 Å². The van der Waals surface area contributed by atoms with E-state index in [9.17, 15) is 18.0 Å². The van der Waals surface area contributed by atoms with E-state index < -0.39 is 31.8 Å². The molecule has 0 saturated carbocycles. The first-order valence-electron chi connectivity index (χ1n) is 6.38. The molecule has 2 aromatic heterocycles. The van der Waals surface area contributed by atoms with Gasteiger partial charge in [-0.3, -0.25) is 5.32 Å². The van der Waals surface area contributed by atoms with E-state index in [-0.39, 0.29) is 17.7 Å². The Morgan fingerprint density at radius 2 is 1.80 bits per heavy atom. The van der Waals surface area contributed by atoms with E-state index in [1.165, 1.54) is 25.7 Å². The van der Waals surface area contributed by atoms with Gasteiger partial charge in [-0.1, -0.05) is 0 Å². The van der Waals surface area contributed by atoms with E-state index >= 15 is 0 Å². The van der Waals surface area contributed by atoms with Crippen LogP contribution in [0.15, 0.2) is 21.7 Å². The van der Waals surface area contributed by atoms with E-state index in [0.29, 0.717) is 11.3 Å². The number of aromatic nitrogens is 2. The molecule has 134 valence electrons. The van der Waals surface area contributed by atoms with Gasteiger partial charge in [0.15, 0.2) is 4.21 Å². The first kappa shape index (κ1) is 18.4. The fourth-order valence-corrected chi connectivity index (χ4v) is 3.87. The number of amides is 2. The number of carbonyl (C=O) groups excluding carboxylic acids is 1. The number of nitrogens with zero attached hydrogens (tertiary/aromatic N) is 2. The molecule has 0 spiro atoms. The number of urea groups is 1. The summed E-state index contributed by atoms with van der Waals surface area (Å²) >= 11 is 0.663. The normalized spacial score (nSPS) is 10.8. The van der Waals surface area contributed by atoms with Crippen molar-refractivity contribution < 1.29 is 32.6 Å². The SMILES string of the molecule is COc1cc(OC)nc(NC(=O)NS(=O)(=O)c2sccc2C(=O)O)n1. The second-order valence-corrected chi connectivity index (χ2v) is 7.06. The van der Waals surface area contributed by atoms with Gasteiger partial charge in [0.25, 0.3) is 10.0 Å². The van der Waals surface area contributed by atoms with Crippen molar-refractivity contribution in [1.29, 1.82) is 0 Å². The highest BCUT2D eigenvalue weighted by Gasteiger charge is 2.26. The van der Waals surface area contributed by atoms with Crippen molar-refractivity contribution >= 4 is 39.3 Å². The smallest absolute Gasteiger partial charge is 0.337 e. The van der Waals surface area contributed by atoms with Crippen LogP contribution in [0.2, 0.25) is 0 Å². The quantitative estimate of drug-likeness (QED) is 0.650. The van der Waals surface area contributed by atoms with Gasteiger partial charge in [-0.2, -0.15) is 9.97 Å². The second kappa shape index (κ2) is 7.31. The Labute approximate surface area is 145 Å². The van der Waals surface area contributed by atoms with Gasteiger partial charge < -0.3 is 14.6 Å². The summed E-state index contributed by atoms with van der Waals surface area (Å²) in [5, 5.41) is 12.4. The van der Waals surface area contributed by atoms with Gasteiger partial charge in [-0.05, 0) is 11.4 Å². The molecule has 0 fully saturated rings. The number of carbonyl (C=O) groups is 2. The van der Waals surface area contributed by atoms with Crippen LogP contribution in [-0.4, -0.2) is 49.7 Å². The molecule has 0 aliphatic heterocycles. The molecule has 2 aromatic rings. The lowest BCUT2D eigenvalue weighted by molar-refractivity contribution is 0.0693. The monoisotopic (exact) mass is 388 g/mol. The molecule has 11 nitrogen and oxygen atoms in total. The third-order valence-electron chi connectivity index (χ3n) is 2.65. The van der Waals surface area contributed by atoms with Gasteiger partial charge in [-0.15, -0.1) is 11.3 Å². The summed E-state index contributed by atoms with van der Waals surface area (Å²) in [6.45, 7) is 0. The van der Waals surface area contributed by atoms with Gasteiger partial charge in [0.1, 0.15) is 0 Å². The van der Waals surface area contributed by atoms with Crippen LogP contribution in [-0.2, 0) is 10.0 Å². The Hall–Kier alpha value is -2.93. The van der Waals surface area contributed by atoms with Crippen LogP contribution in [0.1, 0.15) is 10.4 Å². The van der Waals surface area contributed by atoms with Crippen molar-refractivity contribution in [3.05, 3.63) is 23.1 Å². The van der Waals surface area contributed by atoms with Crippen LogP contribution in [0.3, 0.4) is 0 Å². The zero-order valence-corrected chi connectivity index (χ0v) is 14.5. The third-order valence-corrected chi connectivity index (χ3v) is 5.47.